The van der Waals surface area contributed by atoms with Gasteiger partial charge in [0, 0.05) is 31.5 Å². The minimum absolute atomic E-state index is 0.223. The highest BCUT2D eigenvalue weighted by Crippen LogP contribution is 2.30. The molecule has 0 radical (unpaired) electrons. The van der Waals surface area contributed by atoms with Crippen LogP contribution in [0.1, 0.15) is 37.0 Å². The number of hydrogen-bond donors (Lipinski definition) is 1. The number of benzene rings is 1. The second-order valence-electron chi connectivity index (χ2n) is 5.01. The van der Waals surface area contributed by atoms with Crippen molar-refractivity contribution >= 4 is 5.69 Å². The average molecular weight is 260 g/mol. The van der Waals surface area contributed by atoms with E-state index in [0.717, 1.165) is 37.2 Å². The fraction of sp³-hybridized carbons (Fsp3) is 0.533. The lowest BCUT2D eigenvalue weighted by molar-refractivity contribution is 0.0891. The van der Waals surface area contributed by atoms with Crippen LogP contribution in [0.2, 0.25) is 0 Å². The molecule has 0 saturated carbocycles. The second-order valence-corrected chi connectivity index (χ2v) is 5.01. The van der Waals surface area contributed by atoms with Crippen molar-refractivity contribution in [2.24, 2.45) is 0 Å². The Bertz CT molecular complexity index is 480. The molecule has 0 spiro atoms. The number of aliphatic hydroxyl groups is 1. The van der Waals surface area contributed by atoms with Crippen LogP contribution in [0.15, 0.2) is 18.2 Å². The van der Waals surface area contributed by atoms with Gasteiger partial charge in [-0.25, -0.2) is 0 Å². The molecule has 4 heteroatoms. The summed E-state index contributed by atoms with van der Waals surface area (Å²) in [6.45, 7) is 3.50. The van der Waals surface area contributed by atoms with Gasteiger partial charge in [-0.2, -0.15) is 5.26 Å². The van der Waals surface area contributed by atoms with Gasteiger partial charge < -0.3 is 14.7 Å². The van der Waals surface area contributed by atoms with E-state index in [1.165, 1.54) is 0 Å². The average Bonchev–Trinajstić information content (AvgIpc) is 2.46. The molecule has 2 rings (SSSR count). The van der Waals surface area contributed by atoms with E-state index in [9.17, 15) is 5.11 Å². The number of ether oxygens (including phenoxy) is 1. The number of methoxy groups -OCH3 is 1. The Hall–Kier alpha value is -1.57. The van der Waals surface area contributed by atoms with Crippen LogP contribution in [0.5, 0.6) is 0 Å². The van der Waals surface area contributed by atoms with Crippen molar-refractivity contribution < 1.29 is 9.84 Å². The fourth-order valence-electron chi connectivity index (χ4n) is 2.59. The molecule has 1 aliphatic heterocycles. The van der Waals surface area contributed by atoms with Gasteiger partial charge in [-0.1, -0.05) is 6.07 Å². The van der Waals surface area contributed by atoms with E-state index in [1.54, 1.807) is 20.1 Å². The van der Waals surface area contributed by atoms with Gasteiger partial charge in [-0.05, 0) is 31.9 Å². The van der Waals surface area contributed by atoms with Crippen LogP contribution in [0.25, 0.3) is 0 Å². The van der Waals surface area contributed by atoms with Gasteiger partial charge >= 0.3 is 0 Å². The number of hydrogen-bond acceptors (Lipinski definition) is 4. The van der Waals surface area contributed by atoms with Crippen molar-refractivity contribution in [3.05, 3.63) is 29.3 Å². The molecule has 0 aromatic heterocycles. The summed E-state index contributed by atoms with van der Waals surface area (Å²) in [4.78, 5) is 2.21. The Balaban J connectivity index is 2.33. The van der Waals surface area contributed by atoms with Crippen LogP contribution in [-0.2, 0) is 4.74 Å². The molecule has 0 amide bonds. The summed E-state index contributed by atoms with van der Waals surface area (Å²) in [6.07, 6.45) is 1.82. The van der Waals surface area contributed by atoms with Crippen molar-refractivity contribution in [3.63, 3.8) is 0 Å². The molecule has 1 heterocycles. The molecule has 1 N–H and O–H groups in total. The molecule has 1 unspecified atom stereocenters. The number of rotatable bonds is 3. The maximum Gasteiger partial charge on any atom is 0.0992 e. The summed E-state index contributed by atoms with van der Waals surface area (Å²) in [5.41, 5.74) is 2.45. The normalized spacial score (nSPS) is 20.9. The first-order valence-corrected chi connectivity index (χ1v) is 6.65. The van der Waals surface area contributed by atoms with Crippen molar-refractivity contribution in [3.8, 4) is 6.07 Å². The van der Waals surface area contributed by atoms with E-state index in [-0.39, 0.29) is 6.10 Å². The molecule has 1 aromatic rings. The van der Waals surface area contributed by atoms with Crippen LogP contribution in [0, 0.1) is 11.3 Å². The van der Waals surface area contributed by atoms with Gasteiger partial charge in [0.25, 0.3) is 0 Å². The second kappa shape index (κ2) is 6.05. The lowest BCUT2D eigenvalue weighted by Gasteiger charge is -2.35. The molecule has 1 aromatic carbocycles. The molecule has 4 nitrogen and oxygen atoms in total. The van der Waals surface area contributed by atoms with Crippen molar-refractivity contribution in [1.82, 2.24) is 0 Å². The van der Waals surface area contributed by atoms with Gasteiger partial charge in [0.15, 0.2) is 0 Å². The molecular weight excluding hydrogens is 240 g/mol. The highest BCUT2D eigenvalue weighted by molar-refractivity contribution is 5.58. The number of nitrogens with zero attached hydrogens (tertiary/aromatic N) is 2. The van der Waals surface area contributed by atoms with E-state index in [0.29, 0.717) is 5.56 Å². The first kappa shape index (κ1) is 13.9. The summed E-state index contributed by atoms with van der Waals surface area (Å²) in [5, 5.41) is 18.9. The Morgan fingerprint density at radius 2 is 2.32 bits per heavy atom. The Morgan fingerprint density at radius 1 is 1.53 bits per heavy atom. The van der Waals surface area contributed by atoms with Gasteiger partial charge in [-0.3, -0.25) is 0 Å². The fourth-order valence-corrected chi connectivity index (χ4v) is 2.59. The number of piperidine rings is 1. The zero-order valence-corrected chi connectivity index (χ0v) is 11.5. The third-order valence-electron chi connectivity index (χ3n) is 3.66. The summed E-state index contributed by atoms with van der Waals surface area (Å²) in [5.74, 6) is 0. The van der Waals surface area contributed by atoms with E-state index in [1.807, 2.05) is 12.1 Å². The number of anilines is 1. The predicted molar refractivity (Wildman–Crippen MR) is 74.0 cm³/mol. The van der Waals surface area contributed by atoms with Crippen molar-refractivity contribution in [2.75, 3.05) is 25.1 Å². The molecular formula is C15H20N2O2. The molecule has 1 saturated heterocycles. The van der Waals surface area contributed by atoms with Crippen molar-refractivity contribution in [2.45, 2.75) is 32.0 Å². The summed E-state index contributed by atoms with van der Waals surface area (Å²) < 4.78 is 5.43. The molecule has 19 heavy (non-hydrogen) atoms. The van der Waals surface area contributed by atoms with Crippen LogP contribution in [-0.4, -0.2) is 31.4 Å². The molecule has 0 aliphatic carbocycles. The molecule has 102 valence electrons. The van der Waals surface area contributed by atoms with Gasteiger partial charge in [0.2, 0.25) is 0 Å². The highest BCUT2D eigenvalue weighted by atomic mass is 16.5. The van der Waals surface area contributed by atoms with Gasteiger partial charge in [-0.15, -0.1) is 0 Å². The summed E-state index contributed by atoms with van der Waals surface area (Å²) in [7, 11) is 1.73. The van der Waals surface area contributed by atoms with E-state index in [4.69, 9.17) is 10.00 Å². The Labute approximate surface area is 114 Å². The van der Waals surface area contributed by atoms with Crippen LogP contribution < -0.4 is 4.90 Å². The lowest BCUT2D eigenvalue weighted by Crippen LogP contribution is -2.39. The zero-order chi connectivity index (χ0) is 13.8. The van der Waals surface area contributed by atoms with Gasteiger partial charge in [0.1, 0.15) is 0 Å². The highest BCUT2D eigenvalue weighted by Gasteiger charge is 2.22. The predicted octanol–water partition coefficient (Wildman–Crippen LogP) is 2.23. The third kappa shape index (κ3) is 3.06. The third-order valence-corrected chi connectivity index (χ3v) is 3.66. The van der Waals surface area contributed by atoms with Gasteiger partial charge in [0.05, 0.1) is 23.8 Å². The van der Waals surface area contributed by atoms with E-state index in [2.05, 4.69) is 11.0 Å². The topological polar surface area (TPSA) is 56.5 Å². The molecule has 1 aliphatic rings. The van der Waals surface area contributed by atoms with E-state index >= 15 is 0 Å². The van der Waals surface area contributed by atoms with Crippen LogP contribution in [0.3, 0.4) is 0 Å². The molecule has 1 fully saturated rings. The van der Waals surface area contributed by atoms with Crippen molar-refractivity contribution in [1.29, 1.82) is 5.26 Å². The lowest BCUT2D eigenvalue weighted by atomic mass is 10.0. The minimum atomic E-state index is -0.536. The number of nitriles is 1. The van der Waals surface area contributed by atoms with E-state index < -0.39 is 6.10 Å². The summed E-state index contributed by atoms with van der Waals surface area (Å²) >= 11 is 0. The Morgan fingerprint density at radius 3 is 2.95 bits per heavy atom. The smallest absolute Gasteiger partial charge is 0.0992 e. The quantitative estimate of drug-likeness (QED) is 0.905. The first-order chi connectivity index (χ1) is 9.15. The maximum absolute atomic E-state index is 9.88. The first-order valence-electron chi connectivity index (χ1n) is 6.65. The summed E-state index contributed by atoms with van der Waals surface area (Å²) in [6, 6.07) is 7.61. The van der Waals surface area contributed by atoms with Crippen LogP contribution in [0.4, 0.5) is 5.69 Å². The monoisotopic (exact) mass is 260 g/mol. The maximum atomic E-state index is 9.88. The van der Waals surface area contributed by atoms with Crippen LogP contribution >= 0.6 is 0 Å². The SMILES string of the molecule is COC1CCCN(c2cc(C#N)ccc2[C@H](C)O)C1. The molecule has 2 atom stereocenters. The largest absolute Gasteiger partial charge is 0.389 e. The minimum Gasteiger partial charge on any atom is -0.389 e. The zero-order valence-electron chi connectivity index (χ0n) is 11.5. The number of aliphatic hydroxyl groups excluding tert-OH is 1. The Kier molecular flexibility index (Phi) is 4.41. The standard InChI is InChI=1S/C15H20N2O2/c1-11(18)14-6-5-12(9-16)8-15(14)17-7-3-4-13(10-17)19-2/h5-6,8,11,13,18H,3-4,7,10H2,1-2H3/t11-,13?/m0/s1. The molecule has 0 bridgehead atoms.